The third kappa shape index (κ3) is 2.73. The van der Waals surface area contributed by atoms with Gasteiger partial charge in [0.1, 0.15) is 11.9 Å². The van der Waals surface area contributed by atoms with Crippen molar-refractivity contribution in [2.24, 2.45) is 0 Å². The van der Waals surface area contributed by atoms with Gasteiger partial charge in [-0.3, -0.25) is 9.36 Å². The highest BCUT2D eigenvalue weighted by Crippen LogP contribution is 2.27. The number of nitrogen functional groups attached to an aromatic ring is 1. The van der Waals surface area contributed by atoms with Crippen LogP contribution in [0, 0.1) is 0 Å². The first kappa shape index (κ1) is 16.0. The standard InChI is InChI=1S/C17H20N4O3/c1-17(2,3)24-16(23)14-13-8-20(4)15(22)11-7-10(18)5-6-12(11)21(13)9-19-14/h5-7,9H,8,18H2,1-4H3. The number of benzene rings is 1. The number of aromatic nitrogens is 2. The normalized spacial score (nSPS) is 14.0. The van der Waals surface area contributed by atoms with Crippen LogP contribution in [0.3, 0.4) is 0 Å². The molecular formula is C17H20N4O3. The van der Waals surface area contributed by atoms with Crippen LogP contribution in [0.1, 0.15) is 47.3 Å². The summed E-state index contributed by atoms with van der Waals surface area (Å²) in [5.74, 6) is -0.660. The summed E-state index contributed by atoms with van der Waals surface area (Å²) in [5.41, 5.74) is 7.66. The molecular weight excluding hydrogens is 308 g/mol. The van der Waals surface area contributed by atoms with E-state index in [1.165, 1.54) is 11.2 Å². The predicted molar refractivity (Wildman–Crippen MR) is 88.9 cm³/mol. The van der Waals surface area contributed by atoms with Gasteiger partial charge in [-0.1, -0.05) is 0 Å². The molecule has 1 amide bonds. The number of carbonyl (C=O) groups is 2. The van der Waals surface area contributed by atoms with Crippen LogP contribution in [0.5, 0.6) is 0 Å². The highest BCUT2D eigenvalue weighted by atomic mass is 16.6. The monoisotopic (exact) mass is 328 g/mol. The molecule has 0 fully saturated rings. The maximum Gasteiger partial charge on any atom is 0.359 e. The number of anilines is 1. The summed E-state index contributed by atoms with van der Waals surface area (Å²) in [6, 6.07) is 5.11. The summed E-state index contributed by atoms with van der Waals surface area (Å²) >= 11 is 0. The fraction of sp³-hybridized carbons (Fsp3) is 0.353. The smallest absolute Gasteiger partial charge is 0.359 e. The van der Waals surface area contributed by atoms with Gasteiger partial charge in [-0.05, 0) is 39.0 Å². The maximum atomic E-state index is 12.6. The fourth-order valence-corrected chi connectivity index (χ4v) is 2.67. The van der Waals surface area contributed by atoms with Crippen molar-refractivity contribution in [3.8, 4) is 5.69 Å². The molecule has 0 spiro atoms. The summed E-state index contributed by atoms with van der Waals surface area (Å²) in [7, 11) is 1.68. The molecule has 1 aromatic carbocycles. The second-order valence-electron chi connectivity index (χ2n) is 6.85. The number of fused-ring (bicyclic) bond motifs is 3. The lowest BCUT2D eigenvalue weighted by Gasteiger charge is -2.19. The first-order valence-corrected chi connectivity index (χ1v) is 7.62. The van der Waals surface area contributed by atoms with E-state index in [2.05, 4.69) is 4.98 Å². The topological polar surface area (TPSA) is 90.5 Å². The minimum absolute atomic E-state index is 0.156. The Bertz CT molecular complexity index is 833. The van der Waals surface area contributed by atoms with Crippen LogP contribution >= 0.6 is 0 Å². The fourth-order valence-electron chi connectivity index (χ4n) is 2.67. The van der Waals surface area contributed by atoms with Gasteiger partial charge in [-0.15, -0.1) is 0 Å². The number of amides is 1. The van der Waals surface area contributed by atoms with E-state index in [4.69, 9.17) is 10.5 Å². The molecule has 0 unspecified atom stereocenters. The molecule has 0 radical (unpaired) electrons. The SMILES string of the molecule is CN1Cc2c(C(=O)OC(C)(C)C)ncn2-c2ccc(N)cc2C1=O. The lowest BCUT2D eigenvalue weighted by molar-refractivity contribution is 0.00608. The Morgan fingerprint density at radius 2 is 2.04 bits per heavy atom. The van der Waals surface area contributed by atoms with Gasteiger partial charge in [0, 0.05) is 12.7 Å². The molecule has 2 N–H and O–H groups in total. The minimum Gasteiger partial charge on any atom is -0.455 e. The van der Waals surface area contributed by atoms with Gasteiger partial charge >= 0.3 is 5.97 Å². The second-order valence-corrected chi connectivity index (χ2v) is 6.85. The van der Waals surface area contributed by atoms with Gasteiger partial charge in [0.2, 0.25) is 0 Å². The quantitative estimate of drug-likeness (QED) is 0.638. The zero-order valence-corrected chi connectivity index (χ0v) is 14.2. The third-order valence-electron chi connectivity index (χ3n) is 3.70. The van der Waals surface area contributed by atoms with Crippen molar-refractivity contribution in [1.29, 1.82) is 0 Å². The Balaban J connectivity index is 2.13. The Morgan fingerprint density at radius 3 is 2.71 bits per heavy atom. The van der Waals surface area contributed by atoms with Crippen LogP contribution in [0.25, 0.3) is 5.69 Å². The highest BCUT2D eigenvalue weighted by molar-refractivity contribution is 5.99. The van der Waals surface area contributed by atoms with E-state index in [0.29, 0.717) is 22.6 Å². The Hall–Kier alpha value is -2.83. The van der Waals surface area contributed by atoms with Crippen molar-refractivity contribution < 1.29 is 14.3 Å². The molecule has 1 aliphatic heterocycles. The lowest BCUT2D eigenvalue weighted by atomic mass is 10.1. The molecule has 2 aromatic rings. The van der Waals surface area contributed by atoms with Crippen LogP contribution in [-0.2, 0) is 11.3 Å². The molecule has 1 aromatic heterocycles. The van der Waals surface area contributed by atoms with Crippen LogP contribution in [-0.4, -0.2) is 39.0 Å². The predicted octanol–water partition coefficient (Wildman–Crippen LogP) is 2.00. The van der Waals surface area contributed by atoms with Gasteiger partial charge < -0.3 is 15.4 Å². The molecule has 24 heavy (non-hydrogen) atoms. The number of hydrogen-bond donors (Lipinski definition) is 1. The van der Waals surface area contributed by atoms with E-state index < -0.39 is 11.6 Å². The van der Waals surface area contributed by atoms with Crippen LogP contribution < -0.4 is 5.73 Å². The third-order valence-corrected chi connectivity index (χ3v) is 3.70. The van der Waals surface area contributed by atoms with Gasteiger partial charge in [-0.2, -0.15) is 0 Å². The molecule has 0 saturated heterocycles. The summed E-state index contributed by atoms with van der Waals surface area (Å²) < 4.78 is 7.17. The molecule has 0 atom stereocenters. The number of nitrogens with zero attached hydrogens (tertiary/aromatic N) is 3. The van der Waals surface area contributed by atoms with E-state index in [9.17, 15) is 9.59 Å². The molecule has 126 valence electrons. The summed E-state index contributed by atoms with van der Waals surface area (Å²) in [6.45, 7) is 5.65. The number of carbonyl (C=O) groups excluding carboxylic acids is 2. The van der Waals surface area contributed by atoms with Gasteiger partial charge in [0.15, 0.2) is 5.69 Å². The molecule has 7 heteroatoms. The number of nitrogens with two attached hydrogens (primary N) is 1. The zero-order chi connectivity index (χ0) is 17.6. The first-order valence-electron chi connectivity index (χ1n) is 7.62. The van der Waals surface area contributed by atoms with Gasteiger partial charge in [0.05, 0.1) is 23.5 Å². The number of esters is 1. The average molecular weight is 328 g/mol. The van der Waals surface area contributed by atoms with E-state index in [-0.39, 0.29) is 18.1 Å². The van der Waals surface area contributed by atoms with Crippen LogP contribution in [0.15, 0.2) is 24.5 Å². The molecule has 0 aliphatic carbocycles. The number of rotatable bonds is 1. The summed E-state index contributed by atoms with van der Waals surface area (Å²) in [6.07, 6.45) is 1.54. The molecule has 1 aliphatic rings. The van der Waals surface area contributed by atoms with Crippen molar-refractivity contribution in [1.82, 2.24) is 14.5 Å². The first-order chi connectivity index (χ1) is 11.2. The number of imidazole rings is 1. The van der Waals surface area contributed by atoms with E-state index in [1.54, 1.807) is 50.6 Å². The Kier molecular flexibility index (Phi) is 3.59. The van der Waals surface area contributed by atoms with E-state index >= 15 is 0 Å². The molecule has 7 nitrogen and oxygen atoms in total. The summed E-state index contributed by atoms with van der Waals surface area (Å²) in [5, 5.41) is 0. The van der Waals surface area contributed by atoms with Crippen LogP contribution in [0.4, 0.5) is 5.69 Å². The highest BCUT2D eigenvalue weighted by Gasteiger charge is 2.30. The maximum absolute atomic E-state index is 12.6. The summed E-state index contributed by atoms with van der Waals surface area (Å²) in [4.78, 5) is 30.8. The van der Waals surface area contributed by atoms with Crippen molar-refractivity contribution in [3.05, 3.63) is 41.5 Å². The molecule has 3 rings (SSSR count). The zero-order valence-electron chi connectivity index (χ0n) is 14.2. The van der Waals surface area contributed by atoms with Gasteiger partial charge in [-0.25, -0.2) is 9.78 Å². The number of ether oxygens (including phenoxy) is 1. The van der Waals surface area contributed by atoms with Crippen molar-refractivity contribution in [3.63, 3.8) is 0 Å². The minimum atomic E-state index is -0.619. The second kappa shape index (κ2) is 5.36. The van der Waals surface area contributed by atoms with Crippen molar-refractivity contribution in [2.45, 2.75) is 32.9 Å². The molecule has 0 saturated carbocycles. The van der Waals surface area contributed by atoms with Crippen molar-refractivity contribution >= 4 is 17.6 Å². The Morgan fingerprint density at radius 1 is 1.33 bits per heavy atom. The van der Waals surface area contributed by atoms with Crippen molar-refractivity contribution in [2.75, 3.05) is 12.8 Å². The van der Waals surface area contributed by atoms with Crippen LogP contribution in [0.2, 0.25) is 0 Å². The van der Waals surface area contributed by atoms with E-state index in [1.807, 2.05) is 0 Å². The number of hydrogen-bond acceptors (Lipinski definition) is 5. The molecule has 2 heterocycles. The van der Waals surface area contributed by atoms with E-state index in [0.717, 1.165) is 0 Å². The Labute approximate surface area is 140 Å². The molecule has 0 bridgehead atoms. The average Bonchev–Trinajstić information content (AvgIpc) is 2.84. The van der Waals surface area contributed by atoms with Gasteiger partial charge in [0.25, 0.3) is 5.91 Å². The lowest BCUT2D eigenvalue weighted by Crippen LogP contribution is -2.27. The largest absolute Gasteiger partial charge is 0.455 e.